The number of aromatic nitrogens is 1. The standard InChI is InChI=1S/C22H25N3O2S/c1-16(2)18-9-12-21(13-10-18)28(26,27)25-20-11-14-22(23-15-20)24-17(3)19-7-5-4-6-8-19/h4-17,25H,1-3H3,(H,23,24). The third-order valence-electron chi connectivity index (χ3n) is 4.54. The van der Waals surface area contributed by atoms with Crippen LogP contribution in [0.4, 0.5) is 11.5 Å². The molecule has 0 saturated carbocycles. The van der Waals surface area contributed by atoms with Gasteiger partial charge in [-0.1, -0.05) is 56.3 Å². The molecule has 0 aliphatic heterocycles. The molecule has 0 aliphatic rings. The van der Waals surface area contributed by atoms with Crippen LogP contribution in [0.2, 0.25) is 0 Å². The summed E-state index contributed by atoms with van der Waals surface area (Å²) in [5.74, 6) is 1.04. The van der Waals surface area contributed by atoms with Gasteiger partial charge in [0.2, 0.25) is 0 Å². The Bertz CT molecular complexity index is 1000. The van der Waals surface area contributed by atoms with Gasteiger partial charge in [-0.2, -0.15) is 0 Å². The van der Waals surface area contributed by atoms with Crippen LogP contribution in [-0.4, -0.2) is 13.4 Å². The first-order valence-electron chi connectivity index (χ1n) is 9.25. The summed E-state index contributed by atoms with van der Waals surface area (Å²) >= 11 is 0. The van der Waals surface area contributed by atoms with Crippen molar-refractivity contribution in [1.82, 2.24) is 4.98 Å². The Morgan fingerprint density at radius 3 is 2.07 bits per heavy atom. The predicted molar refractivity (Wildman–Crippen MR) is 114 cm³/mol. The molecule has 0 amide bonds. The molecular weight excluding hydrogens is 370 g/mol. The van der Waals surface area contributed by atoms with Crippen LogP contribution >= 0.6 is 0 Å². The molecule has 0 fully saturated rings. The fourth-order valence-corrected chi connectivity index (χ4v) is 3.88. The van der Waals surface area contributed by atoms with Crippen molar-refractivity contribution >= 4 is 21.5 Å². The van der Waals surface area contributed by atoms with Crippen LogP contribution in [0.3, 0.4) is 0 Å². The molecule has 3 rings (SSSR count). The number of rotatable bonds is 7. The zero-order chi connectivity index (χ0) is 20.1. The quantitative estimate of drug-likeness (QED) is 0.578. The van der Waals surface area contributed by atoms with Crippen LogP contribution in [0.25, 0.3) is 0 Å². The number of pyridine rings is 1. The number of hydrogen-bond acceptors (Lipinski definition) is 4. The number of sulfonamides is 1. The van der Waals surface area contributed by atoms with E-state index in [0.717, 1.165) is 11.1 Å². The first kappa shape index (κ1) is 19.9. The van der Waals surface area contributed by atoms with Crippen molar-refractivity contribution in [3.8, 4) is 0 Å². The van der Waals surface area contributed by atoms with E-state index in [4.69, 9.17) is 0 Å². The molecule has 6 heteroatoms. The molecule has 146 valence electrons. The van der Waals surface area contributed by atoms with Crippen molar-refractivity contribution in [2.75, 3.05) is 10.0 Å². The first-order chi connectivity index (χ1) is 13.3. The zero-order valence-electron chi connectivity index (χ0n) is 16.3. The average molecular weight is 396 g/mol. The van der Waals surface area contributed by atoms with Gasteiger partial charge in [-0.25, -0.2) is 13.4 Å². The molecule has 1 heterocycles. The highest BCUT2D eigenvalue weighted by Crippen LogP contribution is 2.21. The summed E-state index contributed by atoms with van der Waals surface area (Å²) in [6.07, 6.45) is 1.51. The molecule has 1 unspecified atom stereocenters. The van der Waals surface area contributed by atoms with E-state index >= 15 is 0 Å². The number of benzene rings is 2. The van der Waals surface area contributed by atoms with Gasteiger partial charge in [-0.3, -0.25) is 4.72 Å². The summed E-state index contributed by atoms with van der Waals surface area (Å²) in [6.45, 7) is 6.19. The Labute approximate surface area is 166 Å². The van der Waals surface area contributed by atoms with Crippen molar-refractivity contribution < 1.29 is 8.42 Å². The maximum absolute atomic E-state index is 12.6. The smallest absolute Gasteiger partial charge is 0.261 e. The molecule has 28 heavy (non-hydrogen) atoms. The van der Waals surface area contributed by atoms with Crippen molar-refractivity contribution in [2.45, 2.75) is 37.6 Å². The average Bonchev–Trinajstić information content (AvgIpc) is 2.70. The van der Waals surface area contributed by atoms with Crippen LogP contribution < -0.4 is 10.0 Å². The normalized spacial score (nSPS) is 12.6. The first-order valence-corrected chi connectivity index (χ1v) is 10.7. The van der Waals surface area contributed by atoms with E-state index in [9.17, 15) is 8.42 Å². The van der Waals surface area contributed by atoms with Crippen LogP contribution in [0.1, 0.15) is 43.9 Å². The van der Waals surface area contributed by atoms with Gasteiger partial charge >= 0.3 is 0 Å². The molecule has 2 N–H and O–H groups in total. The second kappa shape index (κ2) is 8.44. The highest BCUT2D eigenvalue weighted by Gasteiger charge is 2.15. The zero-order valence-corrected chi connectivity index (χ0v) is 17.1. The van der Waals surface area contributed by atoms with Gasteiger partial charge in [-0.05, 0) is 48.2 Å². The fraction of sp³-hybridized carbons (Fsp3) is 0.227. The van der Waals surface area contributed by atoms with Gasteiger partial charge in [0.25, 0.3) is 10.0 Å². The number of nitrogens with zero attached hydrogens (tertiary/aromatic N) is 1. The molecule has 2 aromatic carbocycles. The van der Waals surface area contributed by atoms with E-state index in [-0.39, 0.29) is 10.9 Å². The number of anilines is 2. The molecule has 0 aliphatic carbocycles. The minimum Gasteiger partial charge on any atom is -0.364 e. The van der Waals surface area contributed by atoms with Crippen LogP contribution in [-0.2, 0) is 10.0 Å². The Kier molecular flexibility index (Phi) is 5.99. The lowest BCUT2D eigenvalue weighted by Gasteiger charge is -2.15. The number of hydrogen-bond donors (Lipinski definition) is 2. The van der Waals surface area contributed by atoms with Crippen molar-refractivity contribution in [2.24, 2.45) is 0 Å². The lowest BCUT2D eigenvalue weighted by atomic mass is 10.0. The molecule has 0 radical (unpaired) electrons. The monoisotopic (exact) mass is 395 g/mol. The topological polar surface area (TPSA) is 71.1 Å². The van der Waals surface area contributed by atoms with Crippen LogP contribution in [0.15, 0.2) is 77.8 Å². The van der Waals surface area contributed by atoms with Crippen LogP contribution in [0.5, 0.6) is 0 Å². The molecule has 3 aromatic rings. The Balaban J connectivity index is 1.67. The lowest BCUT2D eigenvalue weighted by Crippen LogP contribution is -2.13. The van der Waals surface area contributed by atoms with Gasteiger partial charge in [0.15, 0.2) is 0 Å². The van der Waals surface area contributed by atoms with Gasteiger partial charge in [0.1, 0.15) is 5.82 Å². The maximum Gasteiger partial charge on any atom is 0.261 e. The van der Waals surface area contributed by atoms with Crippen molar-refractivity contribution in [3.05, 3.63) is 84.1 Å². The summed E-state index contributed by atoms with van der Waals surface area (Å²) in [5, 5.41) is 3.31. The third-order valence-corrected chi connectivity index (χ3v) is 5.93. The van der Waals surface area contributed by atoms with E-state index in [1.165, 1.54) is 6.20 Å². The van der Waals surface area contributed by atoms with E-state index in [1.54, 1.807) is 24.3 Å². The van der Waals surface area contributed by atoms with E-state index in [0.29, 0.717) is 17.4 Å². The Morgan fingerprint density at radius 1 is 0.821 bits per heavy atom. The summed E-state index contributed by atoms with van der Waals surface area (Å²) in [7, 11) is -3.65. The highest BCUT2D eigenvalue weighted by atomic mass is 32.2. The summed E-state index contributed by atoms with van der Waals surface area (Å²) in [6, 6.07) is 20.6. The van der Waals surface area contributed by atoms with Gasteiger partial charge in [-0.15, -0.1) is 0 Å². The van der Waals surface area contributed by atoms with E-state index < -0.39 is 10.0 Å². The molecule has 0 spiro atoms. The molecule has 1 atom stereocenters. The minimum absolute atomic E-state index is 0.0933. The second-order valence-corrected chi connectivity index (χ2v) is 8.72. The summed E-state index contributed by atoms with van der Waals surface area (Å²) in [5.41, 5.74) is 2.67. The number of nitrogens with one attached hydrogen (secondary N) is 2. The molecule has 0 bridgehead atoms. The second-order valence-electron chi connectivity index (χ2n) is 7.04. The van der Waals surface area contributed by atoms with E-state index in [2.05, 4.69) is 35.8 Å². The molecule has 0 saturated heterocycles. The largest absolute Gasteiger partial charge is 0.364 e. The highest BCUT2D eigenvalue weighted by molar-refractivity contribution is 7.92. The maximum atomic E-state index is 12.6. The predicted octanol–water partition coefficient (Wildman–Crippen LogP) is 5.18. The van der Waals surface area contributed by atoms with Crippen molar-refractivity contribution in [3.63, 3.8) is 0 Å². The molecule has 1 aromatic heterocycles. The van der Waals surface area contributed by atoms with E-state index in [1.807, 2.05) is 42.5 Å². The lowest BCUT2D eigenvalue weighted by molar-refractivity contribution is 0.601. The molecule has 5 nitrogen and oxygen atoms in total. The van der Waals surface area contributed by atoms with Crippen molar-refractivity contribution in [1.29, 1.82) is 0 Å². The summed E-state index contributed by atoms with van der Waals surface area (Å²) in [4.78, 5) is 4.55. The van der Waals surface area contributed by atoms with Gasteiger partial charge < -0.3 is 5.32 Å². The summed E-state index contributed by atoms with van der Waals surface area (Å²) < 4.78 is 27.7. The van der Waals surface area contributed by atoms with Crippen LogP contribution in [0, 0.1) is 0 Å². The third kappa shape index (κ3) is 4.89. The molecular formula is C22H25N3O2S. The van der Waals surface area contributed by atoms with Gasteiger partial charge in [0.05, 0.1) is 16.8 Å². The minimum atomic E-state index is -3.65. The fourth-order valence-electron chi connectivity index (χ4n) is 2.83. The SMILES string of the molecule is CC(C)c1ccc(S(=O)(=O)Nc2ccc(NC(C)c3ccccc3)nc2)cc1. The Morgan fingerprint density at radius 2 is 1.50 bits per heavy atom. The Hall–Kier alpha value is -2.86. The van der Waals surface area contributed by atoms with Gasteiger partial charge in [0, 0.05) is 6.04 Å².